The number of aryl methyl sites for hydroxylation is 1. The van der Waals surface area contributed by atoms with E-state index >= 15 is 0 Å². The van der Waals surface area contributed by atoms with E-state index in [0.717, 1.165) is 16.8 Å². The van der Waals surface area contributed by atoms with Gasteiger partial charge >= 0.3 is 0 Å². The van der Waals surface area contributed by atoms with Crippen LogP contribution in [0, 0.1) is 6.92 Å². The number of thiazole rings is 1. The summed E-state index contributed by atoms with van der Waals surface area (Å²) in [6.07, 6.45) is 0. The number of amides is 1. The van der Waals surface area contributed by atoms with E-state index in [1.165, 1.54) is 15.6 Å². The van der Waals surface area contributed by atoms with Crippen molar-refractivity contribution in [3.8, 4) is 11.3 Å². The van der Waals surface area contributed by atoms with Crippen molar-refractivity contribution in [1.29, 1.82) is 0 Å². The molecule has 162 valence electrons. The molecular weight excluding hydrogens is 432 g/mol. The third kappa shape index (κ3) is 5.19. The number of hydrogen-bond acceptors (Lipinski definition) is 6. The Kier molecular flexibility index (Phi) is 6.47. The molecule has 0 bridgehead atoms. The van der Waals surface area contributed by atoms with Crippen molar-refractivity contribution in [2.45, 2.75) is 11.8 Å². The van der Waals surface area contributed by atoms with Gasteiger partial charge in [0.05, 0.1) is 17.1 Å². The summed E-state index contributed by atoms with van der Waals surface area (Å²) < 4.78 is 27.1. The van der Waals surface area contributed by atoms with Gasteiger partial charge in [-0.3, -0.25) is 9.69 Å². The Bertz CT molecular complexity index is 1140. The lowest BCUT2D eigenvalue weighted by Crippen LogP contribution is -2.50. The highest BCUT2D eigenvalue weighted by Gasteiger charge is 2.29. The molecule has 0 unspecified atom stereocenters. The summed E-state index contributed by atoms with van der Waals surface area (Å²) in [5.41, 5.74) is 2.85. The van der Waals surface area contributed by atoms with Gasteiger partial charge in [-0.1, -0.05) is 48.0 Å². The van der Waals surface area contributed by atoms with Gasteiger partial charge < -0.3 is 5.32 Å². The van der Waals surface area contributed by atoms with E-state index in [0.29, 0.717) is 36.2 Å². The molecule has 0 radical (unpaired) electrons. The quantitative estimate of drug-likeness (QED) is 0.616. The van der Waals surface area contributed by atoms with E-state index in [-0.39, 0.29) is 12.5 Å². The summed E-state index contributed by atoms with van der Waals surface area (Å²) in [6, 6.07) is 16.7. The van der Waals surface area contributed by atoms with Gasteiger partial charge in [-0.15, -0.1) is 11.3 Å². The van der Waals surface area contributed by atoms with E-state index in [1.807, 2.05) is 47.5 Å². The Hall–Kier alpha value is -2.59. The number of hydrogen-bond donors (Lipinski definition) is 1. The lowest BCUT2D eigenvalue weighted by molar-refractivity contribution is -0.117. The topological polar surface area (TPSA) is 82.6 Å². The maximum absolute atomic E-state index is 12.8. The molecule has 1 aliphatic heterocycles. The Balaban J connectivity index is 1.29. The molecule has 7 nitrogen and oxygen atoms in total. The third-order valence-corrected chi connectivity index (χ3v) is 7.85. The van der Waals surface area contributed by atoms with Crippen LogP contribution >= 0.6 is 11.3 Å². The van der Waals surface area contributed by atoms with Crippen LogP contribution < -0.4 is 5.32 Å². The zero-order chi connectivity index (χ0) is 21.8. The van der Waals surface area contributed by atoms with E-state index in [4.69, 9.17) is 0 Å². The van der Waals surface area contributed by atoms with Crippen LogP contribution in [0.1, 0.15) is 5.56 Å². The largest absolute Gasteiger partial charge is 0.301 e. The molecule has 0 aliphatic carbocycles. The van der Waals surface area contributed by atoms with Gasteiger partial charge in [0.2, 0.25) is 15.9 Å². The summed E-state index contributed by atoms with van der Waals surface area (Å²) >= 11 is 1.39. The predicted octanol–water partition coefficient (Wildman–Crippen LogP) is 3.06. The first-order valence-electron chi connectivity index (χ1n) is 10.0. The Morgan fingerprint density at radius 2 is 1.71 bits per heavy atom. The first-order chi connectivity index (χ1) is 14.9. The fourth-order valence-corrected chi connectivity index (χ4v) is 5.58. The number of carbonyl (C=O) groups excluding carboxylic acids is 1. The highest BCUT2D eigenvalue weighted by Crippen LogP contribution is 2.24. The van der Waals surface area contributed by atoms with E-state index in [9.17, 15) is 13.2 Å². The maximum atomic E-state index is 12.8. The van der Waals surface area contributed by atoms with Crippen molar-refractivity contribution in [3.63, 3.8) is 0 Å². The van der Waals surface area contributed by atoms with Crippen molar-refractivity contribution in [2.24, 2.45) is 0 Å². The molecule has 31 heavy (non-hydrogen) atoms. The molecule has 3 aromatic rings. The minimum Gasteiger partial charge on any atom is -0.301 e. The minimum atomic E-state index is -3.51. The molecule has 1 aromatic heterocycles. The number of sulfonamides is 1. The lowest BCUT2D eigenvalue weighted by atomic mass is 10.2. The lowest BCUT2D eigenvalue weighted by Gasteiger charge is -2.33. The SMILES string of the molecule is Cc1ccc(S(=O)(=O)N2CCN(CC(=O)Nc3nc(-c4ccccc4)cs3)CC2)cc1. The number of nitrogens with one attached hydrogen (secondary N) is 1. The number of carbonyl (C=O) groups is 1. The molecule has 1 N–H and O–H groups in total. The molecule has 2 aromatic carbocycles. The molecule has 1 fully saturated rings. The summed E-state index contributed by atoms with van der Waals surface area (Å²) in [7, 11) is -3.51. The first kappa shape index (κ1) is 21.6. The number of benzene rings is 2. The average molecular weight is 457 g/mol. The van der Waals surface area contributed by atoms with E-state index in [1.54, 1.807) is 24.3 Å². The Morgan fingerprint density at radius 3 is 2.39 bits per heavy atom. The fraction of sp³-hybridized carbons (Fsp3) is 0.273. The van der Waals surface area contributed by atoms with Crippen molar-refractivity contribution in [2.75, 3.05) is 38.0 Å². The van der Waals surface area contributed by atoms with Crippen molar-refractivity contribution in [3.05, 3.63) is 65.5 Å². The molecule has 0 atom stereocenters. The summed E-state index contributed by atoms with van der Waals surface area (Å²) in [5, 5.41) is 5.32. The molecule has 9 heteroatoms. The van der Waals surface area contributed by atoms with Gasteiger partial charge in [0.1, 0.15) is 0 Å². The second kappa shape index (κ2) is 9.27. The number of piperazine rings is 1. The molecule has 0 spiro atoms. The second-order valence-corrected chi connectivity index (χ2v) is 10.2. The summed E-state index contributed by atoms with van der Waals surface area (Å²) in [4.78, 5) is 19.2. The van der Waals surface area contributed by atoms with Gasteiger partial charge in [-0.05, 0) is 19.1 Å². The van der Waals surface area contributed by atoms with Crippen molar-refractivity contribution in [1.82, 2.24) is 14.2 Å². The normalized spacial score (nSPS) is 15.6. The number of anilines is 1. The standard InChI is InChI=1S/C22H24N4O3S2/c1-17-7-9-19(10-8-17)31(28,29)26-13-11-25(12-14-26)15-21(27)24-22-23-20(16-30-22)18-5-3-2-4-6-18/h2-10,16H,11-15H2,1H3,(H,23,24,27). The van der Waals surface area contributed by atoms with Gasteiger partial charge in [-0.25, -0.2) is 13.4 Å². The van der Waals surface area contributed by atoms with Crippen LogP contribution in [0.4, 0.5) is 5.13 Å². The Labute approximate surface area is 186 Å². The van der Waals surface area contributed by atoms with Gasteiger partial charge in [0.15, 0.2) is 5.13 Å². The molecule has 0 saturated carbocycles. The predicted molar refractivity (Wildman–Crippen MR) is 123 cm³/mol. The molecule has 1 amide bonds. The molecule has 4 rings (SSSR count). The van der Waals surface area contributed by atoms with Crippen LogP contribution in [0.15, 0.2) is 64.9 Å². The zero-order valence-corrected chi connectivity index (χ0v) is 18.8. The number of aromatic nitrogens is 1. The molecular formula is C22H24N4O3S2. The maximum Gasteiger partial charge on any atom is 0.243 e. The van der Waals surface area contributed by atoms with Gasteiger partial charge in [0.25, 0.3) is 0 Å². The first-order valence-corrected chi connectivity index (χ1v) is 12.3. The van der Waals surface area contributed by atoms with E-state index in [2.05, 4.69) is 10.3 Å². The third-order valence-electron chi connectivity index (χ3n) is 5.18. The number of nitrogens with zero attached hydrogens (tertiary/aromatic N) is 3. The molecule has 1 saturated heterocycles. The monoisotopic (exact) mass is 456 g/mol. The number of rotatable bonds is 6. The molecule has 2 heterocycles. The highest BCUT2D eigenvalue weighted by molar-refractivity contribution is 7.89. The highest BCUT2D eigenvalue weighted by atomic mass is 32.2. The van der Waals surface area contributed by atoms with Crippen LogP contribution in [-0.4, -0.2) is 61.2 Å². The smallest absolute Gasteiger partial charge is 0.243 e. The minimum absolute atomic E-state index is 0.149. The summed E-state index contributed by atoms with van der Waals surface area (Å²) in [5.74, 6) is -0.149. The summed E-state index contributed by atoms with van der Waals surface area (Å²) in [6.45, 7) is 3.86. The second-order valence-electron chi connectivity index (χ2n) is 7.45. The van der Waals surface area contributed by atoms with Crippen molar-refractivity contribution < 1.29 is 13.2 Å². The Morgan fingerprint density at radius 1 is 1.03 bits per heavy atom. The van der Waals surface area contributed by atoms with Crippen molar-refractivity contribution >= 4 is 32.4 Å². The van der Waals surface area contributed by atoms with Gasteiger partial charge in [0, 0.05) is 37.1 Å². The van der Waals surface area contributed by atoms with Crippen LogP contribution in [0.25, 0.3) is 11.3 Å². The zero-order valence-electron chi connectivity index (χ0n) is 17.2. The molecule has 1 aliphatic rings. The van der Waals surface area contributed by atoms with Crippen LogP contribution in [-0.2, 0) is 14.8 Å². The van der Waals surface area contributed by atoms with E-state index < -0.39 is 10.0 Å². The average Bonchev–Trinajstić information content (AvgIpc) is 3.23. The van der Waals surface area contributed by atoms with Crippen LogP contribution in [0.3, 0.4) is 0 Å². The fourth-order valence-electron chi connectivity index (χ4n) is 3.42. The van der Waals surface area contributed by atoms with Crippen LogP contribution in [0.5, 0.6) is 0 Å². The van der Waals surface area contributed by atoms with Gasteiger partial charge in [-0.2, -0.15) is 4.31 Å². The van der Waals surface area contributed by atoms with Crippen LogP contribution in [0.2, 0.25) is 0 Å².